The molecule has 0 aliphatic heterocycles. The lowest BCUT2D eigenvalue weighted by Crippen LogP contribution is -2.34. The van der Waals surface area contributed by atoms with Crippen molar-refractivity contribution in [3.63, 3.8) is 0 Å². The first-order valence-corrected chi connectivity index (χ1v) is 6.10. The Morgan fingerprint density at radius 1 is 1.53 bits per heavy atom. The van der Waals surface area contributed by atoms with Crippen LogP contribution in [0.4, 0.5) is 4.39 Å². The van der Waals surface area contributed by atoms with Gasteiger partial charge < -0.3 is 4.74 Å². The summed E-state index contributed by atoms with van der Waals surface area (Å²) in [7, 11) is 0. The lowest BCUT2D eigenvalue weighted by molar-refractivity contribution is -0.159. The van der Waals surface area contributed by atoms with Gasteiger partial charge in [-0.1, -0.05) is 6.92 Å². The first-order valence-electron chi connectivity index (χ1n) is 5.65. The molecule has 0 aromatic rings. The summed E-state index contributed by atoms with van der Waals surface area (Å²) in [6.07, 6.45) is 4.44. The molecule has 0 amide bonds. The van der Waals surface area contributed by atoms with Gasteiger partial charge in [0.15, 0.2) is 0 Å². The number of carbonyl (C=O) groups excluding carboxylic acids is 1. The number of thiol groups is 1. The van der Waals surface area contributed by atoms with Gasteiger partial charge in [0.25, 0.3) is 0 Å². The van der Waals surface area contributed by atoms with Crippen LogP contribution < -0.4 is 0 Å². The van der Waals surface area contributed by atoms with Gasteiger partial charge in [-0.2, -0.15) is 0 Å². The largest absolute Gasteiger partial charge is 0.459 e. The minimum Gasteiger partial charge on any atom is -0.459 e. The molecule has 2 rings (SSSR count). The third-order valence-electron chi connectivity index (χ3n) is 3.71. The van der Waals surface area contributed by atoms with Crippen LogP contribution in [0.5, 0.6) is 0 Å². The maximum absolute atomic E-state index is 13.5. The molecular formula is C11H17FO2S. The molecular weight excluding hydrogens is 215 g/mol. The van der Waals surface area contributed by atoms with E-state index in [1.165, 1.54) is 6.42 Å². The van der Waals surface area contributed by atoms with Crippen LogP contribution in [0.25, 0.3) is 0 Å². The summed E-state index contributed by atoms with van der Waals surface area (Å²) >= 11 is 3.68. The smallest absolute Gasteiger partial charge is 0.354 e. The standard InChI is InChI=1S/C11H17FO2S/c1-2-11(12,15)10(13)14-9-6-7-3-4-8(9)5-7/h7-9,15H,2-6H2,1H3. The second-order valence-corrected chi connectivity index (χ2v) is 5.44. The van der Waals surface area contributed by atoms with E-state index in [0.717, 1.165) is 19.3 Å². The van der Waals surface area contributed by atoms with Gasteiger partial charge in [-0.3, -0.25) is 0 Å². The van der Waals surface area contributed by atoms with E-state index in [-0.39, 0.29) is 12.5 Å². The number of fused-ring (bicyclic) bond motifs is 2. The summed E-state index contributed by atoms with van der Waals surface area (Å²) in [5, 5.41) is -2.11. The van der Waals surface area contributed by atoms with E-state index in [1.54, 1.807) is 6.92 Å². The third kappa shape index (κ3) is 2.14. The molecule has 2 bridgehead atoms. The Morgan fingerprint density at radius 3 is 2.73 bits per heavy atom. The summed E-state index contributed by atoms with van der Waals surface area (Å²) < 4.78 is 18.7. The molecule has 0 spiro atoms. The van der Waals surface area contributed by atoms with Crippen molar-refractivity contribution < 1.29 is 13.9 Å². The lowest BCUT2D eigenvalue weighted by Gasteiger charge is -2.25. The Bertz CT molecular complexity index is 267. The number of ether oxygens (including phenoxy) is 1. The zero-order chi connectivity index (χ0) is 11.1. The molecule has 4 heteroatoms. The molecule has 0 radical (unpaired) electrons. The number of rotatable bonds is 3. The van der Waals surface area contributed by atoms with E-state index in [1.807, 2.05) is 0 Å². The average Bonchev–Trinajstić information content (AvgIpc) is 2.79. The molecule has 0 heterocycles. The molecule has 86 valence electrons. The highest BCUT2D eigenvalue weighted by molar-refractivity contribution is 7.82. The fourth-order valence-corrected chi connectivity index (χ4v) is 2.76. The fourth-order valence-electron chi connectivity index (χ4n) is 2.70. The number of hydrogen-bond donors (Lipinski definition) is 1. The second-order valence-electron chi connectivity index (χ2n) is 4.73. The Kier molecular flexibility index (Phi) is 2.97. The second kappa shape index (κ2) is 3.96. The monoisotopic (exact) mass is 232 g/mol. The van der Waals surface area contributed by atoms with Crippen molar-refractivity contribution in [2.75, 3.05) is 0 Å². The molecule has 4 unspecified atom stereocenters. The van der Waals surface area contributed by atoms with Gasteiger partial charge >= 0.3 is 5.97 Å². The van der Waals surface area contributed by atoms with Crippen molar-refractivity contribution in [2.24, 2.45) is 11.8 Å². The average molecular weight is 232 g/mol. The van der Waals surface area contributed by atoms with E-state index < -0.39 is 11.0 Å². The van der Waals surface area contributed by atoms with E-state index in [9.17, 15) is 9.18 Å². The van der Waals surface area contributed by atoms with Crippen LogP contribution >= 0.6 is 12.6 Å². The van der Waals surface area contributed by atoms with Gasteiger partial charge in [-0.15, -0.1) is 12.6 Å². The van der Waals surface area contributed by atoms with Crippen molar-refractivity contribution in [2.45, 2.75) is 50.1 Å². The molecule has 0 aromatic heterocycles. The van der Waals surface area contributed by atoms with Crippen molar-refractivity contribution >= 4 is 18.6 Å². The number of carbonyl (C=O) groups is 1. The molecule has 2 saturated carbocycles. The van der Waals surface area contributed by atoms with Gasteiger partial charge in [0.05, 0.1) is 0 Å². The molecule has 0 N–H and O–H groups in total. The molecule has 2 fully saturated rings. The molecule has 4 atom stereocenters. The molecule has 0 saturated heterocycles. The SMILES string of the molecule is CCC(F)(S)C(=O)OC1CC2CCC1C2. The maximum atomic E-state index is 13.5. The highest BCUT2D eigenvalue weighted by Gasteiger charge is 2.44. The number of hydrogen-bond acceptors (Lipinski definition) is 3. The van der Waals surface area contributed by atoms with E-state index >= 15 is 0 Å². The first kappa shape index (κ1) is 11.2. The summed E-state index contributed by atoms with van der Waals surface area (Å²) in [5.41, 5.74) is 0. The Morgan fingerprint density at radius 2 is 2.27 bits per heavy atom. The van der Waals surface area contributed by atoms with Crippen LogP contribution in [0.15, 0.2) is 0 Å². The van der Waals surface area contributed by atoms with Crippen LogP contribution in [-0.4, -0.2) is 17.1 Å². The van der Waals surface area contributed by atoms with Crippen LogP contribution in [0, 0.1) is 11.8 Å². The number of halogens is 1. The summed E-state index contributed by atoms with van der Waals surface area (Å²) in [4.78, 5) is 11.5. The molecule has 2 aliphatic rings. The zero-order valence-corrected chi connectivity index (χ0v) is 9.80. The van der Waals surface area contributed by atoms with E-state index in [4.69, 9.17) is 4.74 Å². The highest BCUT2D eigenvalue weighted by atomic mass is 32.1. The normalized spacial score (nSPS) is 37.7. The molecule has 2 aliphatic carbocycles. The number of alkyl halides is 1. The topological polar surface area (TPSA) is 26.3 Å². The zero-order valence-electron chi connectivity index (χ0n) is 8.91. The van der Waals surface area contributed by atoms with Crippen LogP contribution in [0.3, 0.4) is 0 Å². The Labute approximate surface area is 95.0 Å². The molecule has 15 heavy (non-hydrogen) atoms. The van der Waals surface area contributed by atoms with Crippen molar-refractivity contribution in [1.29, 1.82) is 0 Å². The third-order valence-corrected chi connectivity index (χ3v) is 4.21. The summed E-state index contributed by atoms with van der Waals surface area (Å²) in [6, 6.07) is 0. The van der Waals surface area contributed by atoms with Gasteiger partial charge in [0.2, 0.25) is 5.00 Å². The maximum Gasteiger partial charge on any atom is 0.354 e. The van der Waals surface area contributed by atoms with E-state index in [0.29, 0.717) is 11.8 Å². The minimum absolute atomic E-state index is 0.0509. The van der Waals surface area contributed by atoms with Gasteiger partial charge in [0.1, 0.15) is 6.10 Å². The van der Waals surface area contributed by atoms with E-state index in [2.05, 4.69) is 12.6 Å². The van der Waals surface area contributed by atoms with Crippen molar-refractivity contribution in [1.82, 2.24) is 0 Å². The summed E-state index contributed by atoms with van der Waals surface area (Å²) in [5.74, 6) is 0.370. The van der Waals surface area contributed by atoms with Gasteiger partial charge in [0, 0.05) is 0 Å². The minimum atomic E-state index is -2.11. The van der Waals surface area contributed by atoms with Gasteiger partial charge in [-0.05, 0) is 43.9 Å². The van der Waals surface area contributed by atoms with Gasteiger partial charge in [-0.25, -0.2) is 9.18 Å². The Balaban J connectivity index is 1.90. The number of esters is 1. The molecule has 2 nitrogen and oxygen atoms in total. The van der Waals surface area contributed by atoms with Crippen LogP contribution in [0.2, 0.25) is 0 Å². The van der Waals surface area contributed by atoms with Crippen molar-refractivity contribution in [3.8, 4) is 0 Å². The summed E-state index contributed by atoms with van der Waals surface area (Å²) in [6.45, 7) is 1.59. The molecule has 0 aromatic carbocycles. The quantitative estimate of drug-likeness (QED) is 0.598. The first-order chi connectivity index (χ1) is 7.03. The fraction of sp³-hybridized carbons (Fsp3) is 0.909. The highest BCUT2D eigenvalue weighted by Crippen LogP contribution is 2.46. The van der Waals surface area contributed by atoms with Crippen molar-refractivity contribution in [3.05, 3.63) is 0 Å². The predicted octanol–water partition coefficient (Wildman–Crippen LogP) is 2.72. The Hall–Kier alpha value is -0.250. The van der Waals surface area contributed by atoms with Crippen LogP contribution in [-0.2, 0) is 9.53 Å². The predicted molar refractivity (Wildman–Crippen MR) is 58.4 cm³/mol. The van der Waals surface area contributed by atoms with Crippen LogP contribution in [0.1, 0.15) is 39.0 Å². The lowest BCUT2D eigenvalue weighted by atomic mass is 9.98.